The van der Waals surface area contributed by atoms with E-state index >= 15 is 0 Å². The van der Waals surface area contributed by atoms with Crippen molar-refractivity contribution in [1.82, 2.24) is 5.32 Å². The van der Waals surface area contributed by atoms with Gasteiger partial charge in [0.1, 0.15) is 5.75 Å². The molecule has 2 N–H and O–H groups in total. The number of amides is 2. The average Bonchev–Trinajstić information content (AvgIpc) is 2.73. The molecule has 5 heteroatoms. The van der Waals surface area contributed by atoms with E-state index in [9.17, 15) is 9.59 Å². The number of unbranched alkanes of at least 4 members (excludes halogenated alkanes) is 1. The van der Waals surface area contributed by atoms with Crippen LogP contribution in [0.3, 0.4) is 0 Å². The fourth-order valence-corrected chi connectivity index (χ4v) is 2.81. The molecule has 0 heterocycles. The third-order valence-electron chi connectivity index (χ3n) is 5.15. The fourth-order valence-electron chi connectivity index (χ4n) is 2.81. The zero-order valence-corrected chi connectivity index (χ0v) is 17.9. The molecule has 0 fully saturated rings. The van der Waals surface area contributed by atoms with Gasteiger partial charge in [0.25, 0.3) is 11.8 Å². The van der Waals surface area contributed by atoms with Crippen molar-refractivity contribution in [2.75, 3.05) is 18.5 Å². The third-order valence-corrected chi connectivity index (χ3v) is 5.15. The summed E-state index contributed by atoms with van der Waals surface area (Å²) >= 11 is 0. The van der Waals surface area contributed by atoms with Gasteiger partial charge in [-0.1, -0.05) is 58.4 Å². The molecule has 29 heavy (non-hydrogen) atoms. The van der Waals surface area contributed by atoms with Crippen LogP contribution in [0.1, 0.15) is 62.9 Å². The molecule has 2 amide bonds. The fraction of sp³-hybridized carbons (Fsp3) is 0.417. The van der Waals surface area contributed by atoms with Gasteiger partial charge in [-0.2, -0.15) is 0 Å². The predicted molar refractivity (Wildman–Crippen MR) is 118 cm³/mol. The highest BCUT2D eigenvalue weighted by molar-refractivity contribution is 6.04. The Balaban J connectivity index is 1.94. The standard InChI is InChI=1S/C24H32N2O3/c1-5-7-16-25-23(28)20-10-8-9-11-21(20)26-22(27)17-29-19-14-12-18(13-15-19)24(3,4)6-2/h8-15H,5-7,16-17H2,1-4H3,(H,25,28)(H,26,27). The summed E-state index contributed by atoms with van der Waals surface area (Å²) in [5, 5.41) is 5.64. The average molecular weight is 397 g/mol. The van der Waals surface area contributed by atoms with E-state index in [1.165, 1.54) is 5.56 Å². The van der Waals surface area contributed by atoms with Gasteiger partial charge in [0, 0.05) is 6.54 Å². The Morgan fingerprint density at radius 1 is 1.00 bits per heavy atom. The van der Waals surface area contributed by atoms with Crippen molar-refractivity contribution in [3.8, 4) is 5.75 Å². The molecule has 0 saturated carbocycles. The number of nitrogens with one attached hydrogen (secondary N) is 2. The summed E-state index contributed by atoms with van der Waals surface area (Å²) in [7, 11) is 0. The van der Waals surface area contributed by atoms with Crippen LogP contribution in [-0.4, -0.2) is 25.0 Å². The maximum Gasteiger partial charge on any atom is 0.262 e. The van der Waals surface area contributed by atoms with Gasteiger partial charge in [-0.15, -0.1) is 0 Å². The number of hydrogen-bond donors (Lipinski definition) is 2. The first-order chi connectivity index (χ1) is 13.9. The maximum absolute atomic E-state index is 12.3. The number of rotatable bonds is 10. The quantitative estimate of drug-likeness (QED) is 0.560. The maximum atomic E-state index is 12.3. The smallest absolute Gasteiger partial charge is 0.262 e. The SMILES string of the molecule is CCCCNC(=O)c1ccccc1NC(=O)COc1ccc(C(C)(C)CC)cc1. The first-order valence-corrected chi connectivity index (χ1v) is 10.3. The molecule has 0 atom stereocenters. The topological polar surface area (TPSA) is 67.4 Å². The Morgan fingerprint density at radius 3 is 2.34 bits per heavy atom. The summed E-state index contributed by atoms with van der Waals surface area (Å²) in [5.74, 6) is 0.141. The van der Waals surface area contributed by atoms with Gasteiger partial charge < -0.3 is 15.4 Å². The van der Waals surface area contributed by atoms with Gasteiger partial charge in [-0.3, -0.25) is 9.59 Å². The molecule has 5 nitrogen and oxygen atoms in total. The molecule has 0 saturated heterocycles. The zero-order valence-electron chi connectivity index (χ0n) is 17.9. The van der Waals surface area contributed by atoms with Crippen LogP contribution in [0.2, 0.25) is 0 Å². The lowest BCUT2D eigenvalue weighted by atomic mass is 9.82. The first-order valence-electron chi connectivity index (χ1n) is 10.3. The van der Waals surface area contributed by atoms with E-state index in [2.05, 4.69) is 38.3 Å². The van der Waals surface area contributed by atoms with E-state index in [0.29, 0.717) is 23.5 Å². The number of anilines is 1. The van der Waals surface area contributed by atoms with Crippen molar-refractivity contribution < 1.29 is 14.3 Å². The van der Waals surface area contributed by atoms with Crippen LogP contribution in [0.25, 0.3) is 0 Å². The lowest BCUT2D eigenvalue weighted by Crippen LogP contribution is -2.27. The highest BCUT2D eigenvalue weighted by Crippen LogP contribution is 2.28. The van der Waals surface area contributed by atoms with Crippen LogP contribution in [0, 0.1) is 0 Å². The molecule has 0 bridgehead atoms. The van der Waals surface area contributed by atoms with Crippen molar-refractivity contribution in [3.05, 3.63) is 59.7 Å². The number of para-hydroxylation sites is 1. The summed E-state index contributed by atoms with van der Waals surface area (Å²) in [6.07, 6.45) is 2.97. The molecule has 2 rings (SSSR count). The van der Waals surface area contributed by atoms with Crippen LogP contribution in [0.4, 0.5) is 5.69 Å². The van der Waals surface area contributed by atoms with Gasteiger partial charge in [-0.25, -0.2) is 0 Å². The monoisotopic (exact) mass is 396 g/mol. The molecule has 2 aromatic carbocycles. The number of hydrogen-bond acceptors (Lipinski definition) is 3. The van der Waals surface area contributed by atoms with Crippen molar-refractivity contribution in [1.29, 1.82) is 0 Å². The highest BCUT2D eigenvalue weighted by Gasteiger charge is 2.18. The minimum Gasteiger partial charge on any atom is -0.484 e. The van der Waals surface area contributed by atoms with E-state index in [1.54, 1.807) is 24.3 Å². The van der Waals surface area contributed by atoms with Crippen LogP contribution in [0.15, 0.2) is 48.5 Å². The Hall–Kier alpha value is -2.82. The Bertz CT molecular complexity index is 813. The largest absolute Gasteiger partial charge is 0.484 e. The Kier molecular flexibility index (Phi) is 8.25. The normalized spacial score (nSPS) is 11.0. The van der Waals surface area contributed by atoms with Crippen molar-refractivity contribution in [2.45, 2.75) is 52.4 Å². The predicted octanol–water partition coefficient (Wildman–Crippen LogP) is 4.92. The lowest BCUT2D eigenvalue weighted by Gasteiger charge is -2.23. The first kappa shape index (κ1) is 22.5. The number of benzene rings is 2. The van der Waals surface area contributed by atoms with Gasteiger partial charge in [-0.05, 0) is 48.1 Å². The number of ether oxygens (including phenoxy) is 1. The lowest BCUT2D eigenvalue weighted by molar-refractivity contribution is -0.118. The van der Waals surface area contributed by atoms with Crippen molar-refractivity contribution >= 4 is 17.5 Å². The number of carbonyl (C=O) groups excluding carboxylic acids is 2. The molecule has 0 aliphatic rings. The molecule has 156 valence electrons. The third kappa shape index (κ3) is 6.63. The van der Waals surface area contributed by atoms with Crippen molar-refractivity contribution in [2.24, 2.45) is 0 Å². The van der Waals surface area contributed by atoms with Crippen LogP contribution in [0.5, 0.6) is 5.75 Å². The molecule has 0 unspecified atom stereocenters. The van der Waals surface area contributed by atoms with Gasteiger partial charge in [0.15, 0.2) is 6.61 Å². The van der Waals surface area contributed by atoms with E-state index in [4.69, 9.17) is 4.74 Å². The summed E-state index contributed by atoms with van der Waals surface area (Å²) in [6, 6.07) is 14.8. The van der Waals surface area contributed by atoms with Crippen molar-refractivity contribution in [3.63, 3.8) is 0 Å². The minimum atomic E-state index is -0.309. The molecule has 0 aliphatic heterocycles. The van der Waals surface area contributed by atoms with Gasteiger partial charge >= 0.3 is 0 Å². The molecular formula is C24H32N2O3. The Morgan fingerprint density at radius 2 is 1.69 bits per heavy atom. The zero-order chi connectivity index (χ0) is 21.3. The van der Waals surface area contributed by atoms with Crippen LogP contribution in [-0.2, 0) is 10.2 Å². The molecule has 0 aliphatic carbocycles. The summed E-state index contributed by atoms with van der Waals surface area (Å²) < 4.78 is 5.61. The Labute approximate surface area is 173 Å². The second-order valence-corrected chi connectivity index (χ2v) is 7.75. The second kappa shape index (κ2) is 10.6. The molecule has 2 aromatic rings. The van der Waals surface area contributed by atoms with Gasteiger partial charge in [0.05, 0.1) is 11.3 Å². The van der Waals surface area contributed by atoms with E-state index < -0.39 is 0 Å². The summed E-state index contributed by atoms with van der Waals surface area (Å²) in [5.41, 5.74) is 2.27. The van der Waals surface area contributed by atoms with Crippen LogP contribution >= 0.6 is 0 Å². The summed E-state index contributed by atoms with van der Waals surface area (Å²) in [4.78, 5) is 24.7. The molecular weight excluding hydrogens is 364 g/mol. The van der Waals surface area contributed by atoms with E-state index in [1.807, 2.05) is 24.3 Å². The van der Waals surface area contributed by atoms with Gasteiger partial charge in [0.2, 0.25) is 0 Å². The second-order valence-electron chi connectivity index (χ2n) is 7.75. The van der Waals surface area contributed by atoms with E-state index in [0.717, 1.165) is 19.3 Å². The molecule has 0 aromatic heterocycles. The molecule has 0 spiro atoms. The summed E-state index contributed by atoms with van der Waals surface area (Å²) in [6.45, 7) is 9.13. The minimum absolute atomic E-state index is 0.108. The van der Waals surface area contributed by atoms with E-state index in [-0.39, 0.29) is 23.8 Å². The number of carbonyl (C=O) groups is 2. The van der Waals surface area contributed by atoms with Crippen LogP contribution < -0.4 is 15.4 Å². The highest BCUT2D eigenvalue weighted by atomic mass is 16.5. The molecule has 0 radical (unpaired) electrons.